The minimum Gasteiger partial charge on any atom is -0.0616 e. The molecule has 0 atom stereocenters. The molecule has 0 spiro atoms. The average molecular weight is 635 g/mol. The second kappa shape index (κ2) is 9.72. The van der Waals surface area contributed by atoms with Gasteiger partial charge in [0.15, 0.2) is 0 Å². The lowest BCUT2D eigenvalue weighted by molar-refractivity contribution is 0.580. The molecule has 0 amide bonds. The lowest BCUT2D eigenvalue weighted by Gasteiger charge is -2.28. The molecule has 0 heterocycles. The highest BCUT2D eigenvalue weighted by atomic mass is 14.4. The van der Waals surface area contributed by atoms with Crippen LogP contribution in [0.3, 0.4) is 0 Å². The smallest absolute Gasteiger partial charge is 0.0159 e. The van der Waals surface area contributed by atoms with Gasteiger partial charge < -0.3 is 0 Å². The number of fused-ring (bicyclic) bond motifs is 10. The molecule has 0 fully saturated rings. The Labute approximate surface area is 291 Å². The van der Waals surface area contributed by atoms with E-state index in [-0.39, 0.29) is 16.2 Å². The zero-order valence-corrected chi connectivity index (χ0v) is 30.7. The lowest BCUT2D eigenvalue weighted by atomic mass is 9.76. The van der Waals surface area contributed by atoms with Gasteiger partial charge in [-0.15, -0.1) is 0 Å². The van der Waals surface area contributed by atoms with Crippen molar-refractivity contribution in [1.82, 2.24) is 0 Å². The molecule has 2 aliphatic carbocycles. The number of benzene rings is 7. The predicted molar refractivity (Wildman–Crippen MR) is 213 cm³/mol. The molecule has 0 aromatic heterocycles. The summed E-state index contributed by atoms with van der Waals surface area (Å²) in [7, 11) is 0. The third-order valence-electron chi connectivity index (χ3n) is 11.9. The summed E-state index contributed by atoms with van der Waals surface area (Å²) in [5, 5.41) is 8.11. The van der Waals surface area contributed by atoms with Crippen molar-refractivity contribution < 1.29 is 0 Å². The molecule has 7 aromatic carbocycles. The van der Waals surface area contributed by atoms with Crippen molar-refractivity contribution in [2.75, 3.05) is 0 Å². The summed E-state index contributed by atoms with van der Waals surface area (Å²) >= 11 is 0. The van der Waals surface area contributed by atoms with Crippen LogP contribution in [0.4, 0.5) is 0 Å². The zero-order valence-electron chi connectivity index (χ0n) is 30.7. The summed E-state index contributed by atoms with van der Waals surface area (Å²) in [5.41, 5.74) is 19.3. The van der Waals surface area contributed by atoms with E-state index in [9.17, 15) is 0 Å². The monoisotopic (exact) mass is 634 g/mol. The molecule has 0 saturated heterocycles. The third kappa shape index (κ3) is 4.16. The van der Waals surface area contributed by atoms with Crippen LogP contribution in [-0.4, -0.2) is 0 Å². The Morgan fingerprint density at radius 2 is 1.08 bits per heavy atom. The highest BCUT2D eigenvalue weighted by Gasteiger charge is 2.39. The summed E-state index contributed by atoms with van der Waals surface area (Å²) in [5.74, 6) is 0. The molecule has 2 aliphatic rings. The molecule has 0 nitrogen and oxygen atoms in total. The fraction of sp³-hybridized carbons (Fsp3) is 0.265. The fourth-order valence-electron chi connectivity index (χ4n) is 9.05. The number of hydrogen-bond donors (Lipinski definition) is 0. The molecule has 49 heavy (non-hydrogen) atoms. The fourth-order valence-corrected chi connectivity index (χ4v) is 9.05. The van der Waals surface area contributed by atoms with E-state index in [1.807, 2.05) is 0 Å². The van der Waals surface area contributed by atoms with E-state index in [1.54, 1.807) is 0 Å². The van der Waals surface area contributed by atoms with Gasteiger partial charge in [-0.2, -0.15) is 0 Å². The lowest BCUT2D eigenvalue weighted by Crippen LogP contribution is -2.19. The van der Waals surface area contributed by atoms with Crippen molar-refractivity contribution in [3.63, 3.8) is 0 Å². The average Bonchev–Trinajstić information content (AvgIpc) is 3.50. The van der Waals surface area contributed by atoms with Crippen molar-refractivity contribution in [2.24, 2.45) is 0 Å². The van der Waals surface area contributed by atoms with Crippen molar-refractivity contribution in [2.45, 2.75) is 85.5 Å². The molecule has 0 bridgehead atoms. The maximum Gasteiger partial charge on any atom is 0.0159 e. The zero-order chi connectivity index (χ0) is 34.4. The Bertz CT molecular complexity index is 2590. The number of aryl methyl sites for hydroxylation is 2. The van der Waals surface area contributed by atoms with Crippen molar-refractivity contribution in [3.05, 3.63) is 130 Å². The first-order valence-electron chi connectivity index (χ1n) is 18.0. The Morgan fingerprint density at radius 3 is 1.82 bits per heavy atom. The largest absolute Gasteiger partial charge is 0.0616 e. The van der Waals surface area contributed by atoms with Crippen molar-refractivity contribution in [3.8, 4) is 44.5 Å². The molecule has 242 valence electrons. The molecule has 0 N–H and O–H groups in total. The highest BCUT2D eigenvalue weighted by Crippen LogP contribution is 2.56. The van der Waals surface area contributed by atoms with Crippen LogP contribution in [0.2, 0.25) is 0 Å². The van der Waals surface area contributed by atoms with Crippen LogP contribution >= 0.6 is 0 Å². The van der Waals surface area contributed by atoms with Crippen LogP contribution in [0.25, 0.3) is 76.8 Å². The Hall–Kier alpha value is -4.68. The van der Waals surface area contributed by atoms with Crippen LogP contribution < -0.4 is 0 Å². The quantitative estimate of drug-likeness (QED) is 0.158. The molecular weight excluding hydrogens is 589 g/mol. The standard InChI is InChI=1S/C49H46/c1-27-15-18-32-36(21-27)39(25-38-34-19-16-28(2)44-33-14-12-11-13-31(33)41(46(34)44)26-37(32)38)40-22-30(48(6,7)8)24-43-45(40)35-20-17-29(47(3,4)5)23-42(35)49(43,9)10/h11-26H,1-10H3. The van der Waals surface area contributed by atoms with E-state index in [1.165, 1.54) is 110 Å². The van der Waals surface area contributed by atoms with E-state index in [2.05, 4.69) is 166 Å². The van der Waals surface area contributed by atoms with E-state index in [4.69, 9.17) is 0 Å². The molecular formula is C49H46. The highest BCUT2D eigenvalue weighted by molar-refractivity contribution is 6.29. The van der Waals surface area contributed by atoms with Gasteiger partial charge in [0.05, 0.1) is 0 Å². The van der Waals surface area contributed by atoms with Crippen LogP contribution in [0.1, 0.15) is 88.8 Å². The van der Waals surface area contributed by atoms with E-state index in [0.717, 1.165) is 0 Å². The molecule has 0 aliphatic heterocycles. The van der Waals surface area contributed by atoms with Gasteiger partial charge in [-0.05, 0) is 148 Å². The minimum absolute atomic E-state index is 0.00628. The van der Waals surface area contributed by atoms with Crippen LogP contribution in [0.15, 0.2) is 97.1 Å². The Kier molecular flexibility index (Phi) is 6.03. The molecule has 0 radical (unpaired) electrons. The number of hydrogen-bond acceptors (Lipinski definition) is 0. The first-order valence-corrected chi connectivity index (χ1v) is 18.0. The summed E-state index contributed by atoms with van der Waals surface area (Å²) < 4.78 is 0. The van der Waals surface area contributed by atoms with E-state index >= 15 is 0 Å². The van der Waals surface area contributed by atoms with E-state index in [0.29, 0.717) is 0 Å². The second-order valence-corrected chi connectivity index (χ2v) is 17.5. The molecule has 7 aromatic rings. The SMILES string of the molecule is Cc1ccc2c(c1)c(-c1cc(C(C)(C)C)cc3c1-c1ccc(C(C)(C)C)cc1C3(C)C)cc1c3ccc(C)c4c3c(cc21)-c1ccccc1-4. The maximum atomic E-state index is 2.55. The minimum atomic E-state index is -0.108. The molecule has 9 rings (SSSR count). The van der Waals surface area contributed by atoms with Crippen molar-refractivity contribution in [1.29, 1.82) is 0 Å². The van der Waals surface area contributed by atoms with Crippen molar-refractivity contribution >= 4 is 32.3 Å². The normalized spacial score (nSPS) is 14.5. The van der Waals surface area contributed by atoms with Crippen LogP contribution in [0.5, 0.6) is 0 Å². The Balaban J connectivity index is 1.45. The van der Waals surface area contributed by atoms with Gasteiger partial charge in [0.25, 0.3) is 0 Å². The van der Waals surface area contributed by atoms with Gasteiger partial charge in [0.1, 0.15) is 0 Å². The van der Waals surface area contributed by atoms with Crippen LogP contribution in [-0.2, 0) is 16.2 Å². The van der Waals surface area contributed by atoms with Gasteiger partial charge in [0.2, 0.25) is 0 Å². The topological polar surface area (TPSA) is 0 Å². The predicted octanol–water partition coefficient (Wildman–Crippen LogP) is 14.0. The third-order valence-corrected chi connectivity index (χ3v) is 11.9. The van der Waals surface area contributed by atoms with Gasteiger partial charge in [-0.1, -0.05) is 140 Å². The first-order chi connectivity index (χ1) is 23.1. The Morgan fingerprint density at radius 1 is 0.429 bits per heavy atom. The van der Waals surface area contributed by atoms with Crippen LogP contribution in [0, 0.1) is 13.8 Å². The van der Waals surface area contributed by atoms with E-state index < -0.39 is 0 Å². The number of rotatable bonds is 1. The summed E-state index contributed by atoms with van der Waals surface area (Å²) in [6.45, 7) is 23.5. The van der Waals surface area contributed by atoms with Gasteiger partial charge in [-0.3, -0.25) is 0 Å². The molecule has 0 heteroatoms. The maximum absolute atomic E-state index is 2.55. The summed E-state index contributed by atoms with van der Waals surface area (Å²) in [4.78, 5) is 0. The molecule has 0 saturated carbocycles. The second-order valence-electron chi connectivity index (χ2n) is 17.5. The first kappa shape index (κ1) is 30.4. The summed E-state index contributed by atoms with van der Waals surface area (Å²) in [6, 6.07) is 38.2. The van der Waals surface area contributed by atoms with Gasteiger partial charge in [-0.25, -0.2) is 0 Å². The van der Waals surface area contributed by atoms with Gasteiger partial charge in [0, 0.05) is 5.41 Å². The van der Waals surface area contributed by atoms with Gasteiger partial charge >= 0.3 is 0 Å². The molecule has 0 unspecified atom stereocenters. The summed E-state index contributed by atoms with van der Waals surface area (Å²) in [6.07, 6.45) is 0.